The second-order valence-corrected chi connectivity index (χ2v) is 11.5. The smallest absolute Gasteiger partial charge is 0.303 e. The van der Waals surface area contributed by atoms with Gasteiger partial charge in [0.25, 0.3) is 0 Å². The van der Waals surface area contributed by atoms with Crippen molar-refractivity contribution in [3.63, 3.8) is 0 Å². The van der Waals surface area contributed by atoms with Crippen LogP contribution in [0, 0.1) is 6.92 Å². The zero-order valence-corrected chi connectivity index (χ0v) is 22.4. The van der Waals surface area contributed by atoms with E-state index in [0.29, 0.717) is 36.6 Å². The molecule has 2 heterocycles. The fourth-order valence-corrected chi connectivity index (χ4v) is 6.28. The molecule has 0 amide bonds. The van der Waals surface area contributed by atoms with Crippen molar-refractivity contribution in [1.29, 1.82) is 0 Å². The first-order valence-corrected chi connectivity index (χ1v) is 14.2. The van der Waals surface area contributed by atoms with Gasteiger partial charge in [-0.2, -0.15) is 4.31 Å². The van der Waals surface area contributed by atoms with Gasteiger partial charge in [-0.3, -0.25) is 18.6 Å². The number of aliphatic carboxylic acids is 1. The van der Waals surface area contributed by atoms with E-state index in [4.69, 9.17) is 4.74 Å². The Kier molecular flexibility index (Phi) is 8.53. The van der Waals surface area contributed by atoms with Crippen molar-refractivity contribution < 1.29 is 23.7 Å². The monoisotopic (exact) mass is 528 g/mol. The van der Waals surface area contributed by atoms with Gasteiger partial charge >= 0.3 is 5.97 Å². The normalized spacial score (nSPS) is 18.9. The van der Waals surface area contributed by atoms with Crippen molar-refractivity contribution in [2.45, 2.75) is 76.5 Å². The first-order chi connectivity index (χ1) is 17.7. The summed E-state index contributed by atoms with van der Waals surface area (Å²) in [6.45, 7) is 7.40. The number of benzene rings is 2. The number of hydrogen-bond acceptors (Lipinski definition) is 7. The van der Waals surface area contributed by atoms with Crippen LogP contribution in [0.5, 0.6) is 5.75 Å². The van der Waals surface area contributed by atoms with Gasteiger partial charge in [-0.25, -0.2) is 0 Å². The van der Waals surface area contributed by atoms with E-state index < -0.39 is 16.7 Å². The third-order valence-electron chi connectivity index (χ3n) is 6.93. The summed E-state index contributed by atoms with van der Waals surface area (Å²) in [5.74, 6) is -0.560. The average molecular weight is 529 g/mol. The van der Waals surface area contributed by atoms with Gasteiger partial charge in [0.05, 0.1) is 18.7 Å². The maximum Gasteiger partial charge on any atom is 0.303 e. The molecule has 0 fully saturated rings. The van der Waals surface area contributed by atoms with Gasteiger partial charge in [-0.1, -0.05) is 42.5 Å². The van der Waals surface area contributed by atoms with Gasteiger partial charge in [0.15, 0.2) is 0 Å². The molecule has 0 spiro atoms. The molecule has 0 unspecified atom stereocenters. The van der Waals surface area contributed by atoms with Crippen molar-refractivity contribution in [3.05, 3.63) is 71.0 Å². The summed E-state index contributed by atoms with van der Waals surface area (Å²) >= 11 is 0. The molecule has 0 aliphatic carbocycles. The maximum absolute atomic E-state index is 11.7. The lowest BCUT2D eigenvalue weighted by molar-refractivity contribution is -0.137. The third kappa shape index (κ3) is 6.32. The Balaban J connectivity index is 1.60. The summed E-state index contributed by atoms with van der Waals surface area (Å²) in [6, 6.07) is 13.1. The van der Waals surface area contributed by atoms with Crippen molar-refractivity contribution in [3.8, 4) is 5.75 Å². The van der Waals surface area contributed by atoms with Crippen LogP contribution in [0.3, 0.4) is 0 Å². The number of para-hydroxylation sites is 1. The zero-order chi connectivity index (χ0) is 26.6. The van der Waals surface area contributed by atoms with E-state index >= 15 is 0 Å². The minimum Gasteiger partial charge on any atom is -0.487 e. The molecule has 2 atom stereocenters. The van der Waals surface area contributed by atoms with Crippen LogP contribution in [0.15, 0.2) is 53.6 Å². The van der Waals surface area contributed by atoms with Crippen LogP contribution in [0.2, 0.25) is 0 Å². The number of carbonyl (C=O) groups is 1. The van der Waals surface area contributed by atoms with E-state index in [2.05, 4.69) is 10.3 Å². The minimum absolute atomic E-state index is 0.00242. The van der Waals surface area contributed by atoms with Crippen molar-refractivity contribution in [2.75, 3.05) is 6.54 Å². The Bertz CT molecular complexity index is 1230. The van der Waals surface area contributed by atoms with Crippen LogP contribution in [-0.2, 0) is 24.3 Å². The number of ether oxygens (including phenoxy) is 1. The number of rotatable bonds is 10. The van der Waals surface area contributed by atoms with Gasteiger partial charge in [0.2, 0.25) is 0 Å². The van der Waals surface area contributed by atoms with E-state index in [1.54, 1.807) is 27.2 Å². The molecule has 1 aliphatic rings. The number of aryl methyl sites for hydroxylation is 3. The summed E-state index contributed by atoms with van der Waals surface area (Å²) in [6.07, 6.45) is 3.68. The highest BCUT2D eigenvalue weighted by molar-refractivity contribution is 8.22. The van der Waals surface area contributed by atoms with Gasteiger partial charge < -0.3 is 9.84 Å². The van der Waals surface area contributed by atoms with Crippen LogP contribution in [0.1, 0.15) is 61.4 Å². The number of carboxylic acids is 1. The lowest BCUT2D eigenvalue weighted by Crippen LogP contribution is -2.34. The highest BCUT2D eigenvalue weighted by Gasteiger charge is 2.34. The van der Waals surface area contributed by atoms with Crippen LogP contribution >= 0.6 is 10.8 Å². The van der Waals surface area contributed by atoms with Crippen LogP contribution in [0.25, 0.3) is 0 Å². The molecule has 9 nitrogen and oxygen atoms in total. The van der Waals surface area contributed by atoms with E-state index in [1.807, 2.05) is 51.2 Å². The Hall–Kier alpha value is -2.92. The fraction of sp³-hybridized carbons (Fsp3) is 0.444. The molecule has 0 saturated heterocycles. The molecule has 2 aromatic carbocycles. The van der Waals surface area contributed by atoms with Crippen LogP contribution in [-0.4, -0.2) is 52.1 Å². The Morgan fingerprint density at radius 2 is 2.00 bits per heavy atom. The number of aromatic nitrogens is 3. The minimum atomic E-state index is -3.28. The molecule has 1 aliphatic heterocycles. The summed E-state index contributed by atoms with van der Waals surface area (Å²) in [5.41, 5.74) is 3.69. The van der Waals surface area contributed by atoms with Crippen LogP contribution in [0.4, 0.5) is 0 Å². The topological polar surface area (TPSA) is 121 Å². The second-order valence-electron chi connectivity index (χ2n) is 9.52. The molecular weight excluding hydrogens is 492 g/mol. The summed E-state index contributed by atoms with van der Waals surface area (Å²) in [7, 11) is -3.28. The molecule has 200 valence electrons. The first-order valence-electron chi connectivity index (χ1n) is 12.7. The number of hydrogen-bond donors (Lipinski definition) is 3. The quantitative estimate of drug-likeness (QED) is 0.316. The highest BCUT2D eigenvalue weighted by Crippen LogP contribution is 2.57. The zero-order valence-electron chi connectivity index (χ0n) is 21.6. The van der Waals surface area contributed by atoms with E-state index in [-0.39, 0.29) is 18.4 Å². The van der Waals surface area contributed by atoms with Gasteiger partial charge in [0.1, 0.15) is 16.7 Å². The SMILES string of the molecule is CC[C@@H]1CN(Cc2cc([C@H](CCc3cn(CC)nn3)CC(=O)O)ccc2C)S(O)(O)c2ccccc2O1. The van der Waals surface area contributed by atoms with Gasteiger partial charge in [0, 0.05) is 19.3 Å². The number of nitrogens with zero attached hydrogens (tertiary/aromatic N) is 4. The van der Waals surface area contributed by atoms with E-state index in [0.717, 1.165) is 35.3 Å². The highest BCUT2D eigenvalue weighted by atomic mass is 32.3. The van der Waals surface area contributed by atoms with E-state index in [9.17, 15) is 19.0 Å². The Morgan fingerprint density at radius 1 is 1.22 bits per heavy atom. The maximum atomic E-state index is 11.7. The van der Waals surface area contributed by atoms with Gasteiger partial charge in [-0.15, -0.1) is 15.9 Å². The second kappa shape index (κ2) is 11.6. The summed E-state index contributed by atoms with van der Waals surface area (Å²) < 4.78 is 32.3. The lowest BCUT2D eigenvalue weighted by Gasteiger charge is -2.42. The largest absolute Gasteiger partial charge is 0.487 e. The molecule has 0 saturated carbocycles. The molecule has 1 aromatic heterocycles. The Morgan fingerprint density at radius 3 is 2.70 bits per heavy atom. The lowest BCUT2D eigenvalue weighted by atomic mass is 9.88. The molecule has 0 radical (unpaired) electrons. The van der Waals surface area contributed by atoms with Gasteiger partial charge in [-0.05, 0) is 67.9 Å². The predicted molar refractivity (Wildman–Crippen MR) is 143 cm³/mol. The number of carboxylic acid groups (broad SMARTS) is 1. The summed E-state index contributed by atoms with van der Waals surface area (Å²) in [5, 5.41) is 17.9. The molecule has 10 heteroatoms. The van der Waals surface area contributed by atoms with E-state index in [1.165, 1.54) is 0 Å². The fourth-order valence-electron chi connectivity index (χ4n) is 4.66. The first kappa shape index (κ1) is 27.1. The Labute approximate surface area is 219 Å². The molecule has 3 aromatic rings. The molecule has 3 N–H and O–H groups in total. The molecule has 4 rings (SSSR count). The van der Waals surface area contributed by atoms with Crippen molar-refractivity contribution in [2.24, 2.45) is 0 Å². The van der Waals surface area contributed by atoms with Crippen molar-refractivity contribution >= 4 is 16.7 Å². The molecular formula is C27H36N4O5S. The summed E-state index contributed by atoms with van der Waals surface area (Å²) in [4.78, 5) is 12.1. The molecule has 0 bridgehead atoms. The van der Waals surface area contributed by atoms with Crippen molar-refractivity contribution in [1.82, 2.24) is 19.3 Å². The van der Waals surface area contributed by atoms with Crippen LogP contribution < -0.4 is 4.74 Å². The number of fused-ring (bicyclic) bond motifs is 1. The third-order valence-corrected chi connectivity index (χ3v) is 8.86. The standard InChI is InChI=1S/C27H36N4O5S/c1-4-24-18-31(37(34,35)26-9-7-6-8-25(26)36-24)16-22-14-20(11-10-19(22)3)21(15-27(32)33)12-13-23-17-30(5-2)29-28-23/h6-11,14,17,21,24,34-35H,4-5,12-13,15-16,18H2,1-3H3,(H,32,33)/t21-,24-/m1/s1. The average Bonchev–Trinajstić information content (AvgIpc) is 3.31. The predicted octanol–water partition coefficient (Wildman–Crippen LogP) is 5.50. The molecule has 37 heavy (non-hydrogen) atoms.